The number of nitrogens with one attached hydrogen (secondary N) is 3. The zero-order valence-corrected chi connectivity index (χ0v) is 20.2. The van der Waals surface area contributed by atoms with Gasteiger partial charge < -0.3 is 21.1 Å². The fourth-order valence-corrected chi connectivity index (χ4v) is 4.03. The van der Waals surface area contributed by atoms with Gasteiger partial charge in [0.15, 0.2) is 11.5 Å². The predicted octanol–water partition coefficient (Wildman–Crippen LogP) is 5.55. The molecule has 2 aromatic heterocycles. The number of imidazole rings is 1. The average molecular weight is 529 g/mol. The molecule has 4 aromatic rings. The number of phenolic OH excluding ortho intramolecular Hbond substituents is 1. The Labute approximate surface area is 214 Å². The van der Waals surface area contributed by atoms with Gasteiger partial charge in [-0.1, -0.05) is 12.1 Å². The van der Waals surface area contributed by atoms with Gasteiger partial charge in [0.1, 0.15) is 17.3 Å². The molecule has 0 atom stereocenters. The molecule has 12 heteroatoms. The van der Waals surface area contributed by atoms with Crippen molar-refractivity contribution in [2.45, 2.75) is 38.4 Å². The number of alkyl halides is 3. The van der Waals surface area contributed by atoms with E-state index in [2.05, 4.69) is 26.0 Å². The number of anilines is 3. The topological polar surface area (TPSA) is 104 Å². The largest absolute Gasteiger partial charge is 0.506 e. The van der Waals surface area contributed by atoms with E-state index < -0.39 is 25.0 Å². The van der Waals surface area contributed by atoms with Crippen molar-refractivity contribution in [3.8, 4) is 17.0 Å². The van der Waals surface area contributed by atoms with Crippen molar-refractivity contribution in [2.75, 3.05) is 17.2 Å². The fourth-order valence-electron chi connectivity index (χ4n) is 4.03. The minimum atomic E-state index is -4.36. The molecule has 1 aliphatic rings. The summed E-state index contributed by atoms with van der Waals surface area (Å²) in [7, 11) is 0. The Balaban J connectivity index is 1.53. The van der Waals surface area contributed by atoms with E-state index in [0.29, 0.717) is 16.8 Å². The van der Waals surface area contributed by atoms with Crippen LogP contribution in [0.4, 0.5) is 34.8 Å². The van der Waals surface area contributed by atoms with Crippen LogP contribution in [0.25, 0.3) is 16.9 Å². The van der Waals surface area contributed by atoms with E-state index in [0.717, 1.165) is 24.5 Å². The van der Waals surface area contributed by atoms with E-state index in [9.17, 15) is 27.5 Å². The van der Waals surface area contributed by atoms with Crippen molar-refractivity contribution in [2.24, 2.45) is 0 Å². The number of carbonyl (C=O) groups is 1. The van der Waals surface area contributed by atoms with Crippen LogP contribution in [0.1, 0.15) is 35.2 Å². The molecule has 0 radical (unpaired) electrons. The summed E-state index contributed by atoms with van der Waals surface area (Å²) in [5.74, 6) is -1.19. The third-order valence-electron chi connectivity index (χ3n) is 6.12. The van der Waals surface area contributed by atoms with Crippen LogP contribution in [0.3, 0.4) is 0 Å². The van der Waals surface area contributed by atoms with Crippen molar-refractivity contribution in [3.05, 3.63) is 65.6 Å². The smallest absolute Gasteiger partial charge is 0.390 e. The van der Waals surface area contributed by atoms with Crippen molar-refractivity contribution >= 4 is 28.7 Å². The molecule has 2 aromatic carbocycles. The molecule has 4 N–H and O–H groups in total. The third kappa shape index (κ3) is 5.48. The quantitative estimate of drug-likeness (QED) is 0.177. The highest BCUT2D eigenvalue weighted by Crippen LogP contribution is 2.32. The van der Waals surface area contributed by atoms with Gasteiger partial charge in [-0.15, -0.1) is 5.10 Å². The van der Waals surface area contributed by atoms with Gasteiger partial charge in [-0.25, -0.2) is 13.9 Å². The van der Waals surface area contributed by atoms with Crippen LogP contribution in [-0.4, -0.2) is 44.4 Å². The SMILES string of the molecule is Cc1cc(-c2cnc3c(NCCC(F)(F)F)cc(Nc4c(O)cccc4F)nn23)ccc1C(=O)NC1CC1. The Morgan fingerprint density at radius 2 is 1.97 bits per heavy atom. The van der Waals surface area contributed by atoms with Gasteiger partial charge in [-0.2, -0.15) is 13.2 Å². The van der Waals surface area contributed by atoms with Gasteiger partial charge in [-0.05, 0) is 49.6 Å². The summed E-state index contributed by atoms with van der Waals surface area (Å²) in [5.41, 5.74) is 2.67. The van der Waals surface area contributed by atoms with Crippen molar-refractivity contribution < 1.29 is 27.5 Å². The Kier molecular flexibility index (Phi) is 6.55. The number of phenols is 1. The zero-order chi connectivity index (χ0) is 27.0. The highest BCUT2D eigenvalue weighted by Gasteiger charge is 2.27. The van der Waals surface area contributed by atoms with Gasteiger partial charge in [0.25, 0.3) is 5.91 Å². The molecule has 198 valence electrons. The van der Waals surface area contributed by atoms with E-state index in [1.807, 2.05) is 0 Å². The highest BCUT2D eigenvalue weighted by molar-refractivity contribution is 5.96. The van der Waals surface area contributed by atoms with Gasteiger partial charge in [0.2, 0.25) is 0 Å². The molecule has 1 saturated carbocycles. The number of carbonyl (C=O) groups excluding carboxylic acids is 1. The Hall–Kier alpha value is -4.35. The van der Waals surface area contributed by atoms with E-state index in [4.69, 9.17) is 0 Å². The van der Waals surface area contributed by atoms with Crippen LogP contribution in [0.15, 0.2) is 48.7 Å². The standard InChI is InChI=1S/C26H24F4N6O2/c1-14-11-15(5-8-17(14)25(38)33-16-6-7-16)20-13-32-24-19(31-10-9-26(28,29)30)12-22(35-36(20)24)34-23-18(27)3-2-4-21(23)37/h2-5,8,11-13,16,31,37H,6-7,9-10H2,1H3,(H,33,38)(H,34,35). The number of fused-ring (bicyclic) bond motifs is 1. The van der Waals surface area contributed by atoms with Crippen LogP contribution < -0.4 is 16.0 Å². The minimum absolute atomic E-state index is 0.0591. The average Bonchev–Trinajstić information content (AvgIpc) is 3.55. The normalized spacial score (nSPS) is 13.5. The summed E-state index contributed by atoms with van der Waals surface area (Å²) >= 11 is 0. The van der Waals surface area contributed by atoms with Crippen molar-refractivity contribution in [1.82, 2.24) is 19.9 Å². The maximum absolute atomic E-state index is 14.4. The number of rotatable bonds is 8. The number of amides is 1. The molecular formula is C26H24F4N6O2. The number of halogens is 4. The van der Waals surface area contributed by atoms with Crippen LogP contribution in [0.2, 0.25) is 0 Å². The number of aryl methyl sites for hydroxylation is 1. The molecule has 1 amide bonds. The third-order valence-corrected chi connectivity index (χ3v) is 6.12. The molecule has 5 rings (SSSR count). The lowest BCUT2D eigenvalue weighted by molar-refractivity contribution is -0.131. The highest BCUT2D eigenvalue weighted by atomic mass is 19.4. The van der Waals surface area contributed by atoms with Gasteiger partial charge in [0.05, 0.1) is 24.0 Å². The summed E-state index contributed by atoms with van der Waals surface area (Å²) in [6, 6.07) is 10.6. The number of hydrogen-bond acceptors (Lipinski definition) is 6. The van der Waals surface area contributed by atoms with Crippen molar-refractivity contribution in [1.29, 1.82) is 0 Å². The lowest BCUT2D eigenvalue weighted by Crippen LogP contribution is -2.26. The molecular weight excluding hydrogens is 504 g/mol. The van der Waals surface area contributed by atoms with E-state index >= 15 is 0 Å². The number of aromatic nitrogens is 3. The van der Waals surface area contributed by atoms with Crippen molar-refractivity contribution in [3.63, 3.8) is 0 Å². The summed E-state index contributed by atoms with van der Waals surface area (Å²) in [5, 5.41) is 23.0. The number of benzene rings is 2. The molecule has 0 bridgehead atoms. The molecule has 8 nitrogen and oxygen atoms in total. The van der Waals surface area contributed by atoms with E-state index in [-0.39, 0.29) is 40.5 Å². The second-order valence-electron chi connectivity index (χ2n) is 9.15. The predicted molar refractivity (Wildman–Crippen MR) is 134 cm³/mol. The van der Waals surface area contributed by atoms with Crippen LogP contribution in [-0.2, 0) is 0 Å². The summed E-state index contributed by atoms with van der Waals surface area (Å²) in [4.78, 5) is 16.9. The van der Waals surface area contributed by atoms with Crippen LogP contribution >= 0.6 is 0 Å². The Morgan fingerprint density at radius 1 is 1.18 bits per heavy atom. The number of para-hydroxylation sites is 1. The maximum Gasteiger partial charge on any atom is 0.390 e. The van der Waals surface area contributed by atoms with E-state index in [1.54, 1.807) is 25.1 Å². The molecule has 0 aliphatic heterocycles. The monoisotopic (exact) mass is 528 g/mol. The number of aromatic hydroxyl groups is 1. The zero-order valence-electron chi connectivity index (χ0n) is 20.2. The van der Waals surface area contributed by atoms with E-state index in [1.165, 1.54) is 28.9 Å². The lowest BCUT2D eigenvalue weighted by atomic mass is 10.0. The summed E-state index contributed by atoms with van der Waals surface area (Å²) in [6.45, 7) is 1.39. The number of nitrogens with zero attached hydrogens (tertiary/aromatic N) is 3. The second-order valence-corrected chi connectivity index (χ2v) is 9.15. The summed E-state index contributed by atoms with van der Waals surface area (Å²) < 4.78 is 54.1. The minimum Gasteiger partial charge on any atom is -0.506 e. The first kappa shape index (κ1) is 25.3. The molecule has 0 unspecified atom stereocenters. The van der Waals surface area contributed by atoms with Crippen LogP contribution in [0.5, 0.6) is 5.75 Å². The second kappa shape index (κ2) is 9.84. The van der Waals surface area contributed by atoms with Gasteiger partial charge in [-0.3, -0.25) is 4.79 Å². The molecule has 0 saturated heterocycles. The fraction of sp³-hybridized carbons (Fsp3) is 0.269. The van der Waals surface area contributed by atoms with Gasteiger partial charge in [0, 0.05) is 29.8 Å². The molecule has 1 fully saturated rings. The molecule has 38 heavy (non-hydrogen) atoms. The molecule has 2 heterocycles. The van der Waals surface area contributed by atoms with Gasteiger partial charge >= 0.3 is 6.18 Å². The Bertz CT molecular complexity index is 1490. The summed E-state index contributed by atoms with van der Waals surface area (Å²) in [6.07, 6.45) is -1.98. The van der Waals surface area contributed by atoms with Crippen LogP contribution in [0, 0.1) is 12.7 Å². The first-order valence-electron chi connectivity index (χ1n) is 11.9. The molecule has 0 spiro atoms. The lowest BCUT2D eigenvalue weighted by Gasteiger charge is -2.14. The number of hydrogen-bond donors (Lipinski definition) is 4. The first-order valence-corrected chi connectivity index (χ1v) is 11.9. The maximum atomic E-state index is 14.4. The first-order chi connectivity index (χ1) is 18.1. The Morgan fingerprint density at radius 3 is 2.66 bits per heavy atom. The molecule has 1 aliphatic carbocycles.